The number of nitrogens with one attached hydrogen (secondary N) is 2. The molecule has 1 saturated carbocycles. The van der Waals surface area contributed by atoms with E-state index in [9.17, 15) is 18.0 Å². The highest BCUT2D eigenvalue weighted by atomic mass is 19.4. The summed E-state index contributed by atoms with van der Waals surface area (Å²) in [5, 5.41) is 12.1. The molecule has 3 N–H and O–H groups in total. The first-order valence-electron chi connectivity index (χ1n) is 8.74. The predicted octanol–water partition coefficient (Wildman–Crippen LogP) is 5.60. The van der Waals surface area contributed by atoms with Gasteiger partial charge in [-0.1, -0.05) is 6.07 Å². The molecule has 1 heterocycles. The van der Waals surface area contributed by atoms with Crippen LogP contribution in [0.3, 0.4) is 0 Å². The van der Waals surface area contributed by atoms with Crippen molar-refractivity contribution < 1.29 is 27.8 Å². The Kier molecular flexibility index (Phi) is 4.41. The van der Waals surface area contributed by atoms with Crippen LogP contribution in [0, 0.1) is 0 Å². The number of aromatic nitrogens is 1. The number of carboxylic acid groups (broad SMARTS) is 1. The Labute approximate surface area is 158 Å². The second-order valence-electron chi connectivity index (χ2n) is 6.87. The number of rotatable bonds is 4. The second kappa shape index (κ2) is 6.78. The summed E-state index contributed by atoms with van der Waals surface area (Å²) >= 11 is 0. The van der Waals surface area contributed by atoms with Gasteiger partial charge in [0.05, 0.1) is 17.4 Å². The molecule has 4 rings (SSSR count). The van der Waals surface area contributed by atoms with Crippen molar-refractivity contribution in [3.05, 3.63) is 59.8 Å². The summed E-state index contributed by atoms with van der Waals surface area (Å²) < 4.78 is 43.6. The molecule has 0 radical (unpaired) electrons. The van der Waals surface area contributed by atoms with Crippen LogP contribution in [0.25, 0.3) is 10.9 Å². The minimum atomic E-state index is -4.36. The van der Waals surface area contributed by atoms with Crippen molar-refractivity contribution in [2.75, 3.05) is 5.32 Å². The molecule has 0 atom stereocenters. The molecular formula is C20H17F3N2O3. The van der Waals surface area contributed by atoms with Gasteiger partial charge in [-0.2, -0.15) is 13.2 Å². The number of ether oxygens (including phenoxy) is 1. The summed E-state index contributed by atoms with van der Waals surface area (Å²) in [6.45, 7) is 0. The Hall–Kier alpha value is -3.16. The number of anilines is 1. The molecule has 146 valence electrons. The fourth-order valence-corrected chi connectivity index (χ4v) is 3.46. The summed E-state index contributed by atoms with van der Waals surface area (Å²) in [6, 6.07) is 10.6. The van der Waals surface area contributed by atoms with Crippen molar-refractivity contribution in [1.29, 1.82) is 0 Å². The van der Waals surface area contributed by atoms with E-state index in [1.165, 1.54) is 12.1 Å². The van der Waals surface area contributed by atoms with Crippen LogP contribution < -0.4 is 10.1 Å². The largest absolute Gasteiger partial charge is 0.490 e. The van der Waals surface area contributed by atoms with Crippen LogP contribution in [0.1, 0.15) is 29.9 Å². The van der Waals surface area contributed by atoms with Gasteiger partial charge >= 0.3 is 12.3 Å². The number of hydrogen-bond acceptors (Lipinski definition) is 2. The fraction of sp³-hybridized carbons (Fsp3) is 0.250. The highest BCUT2D eigenvalue weighted by molar-refractivity contribution is 5.99. The van der Waals surface area contributed by atoms with Crippen LogP contribution in [0.4, 0.5) is 23.7 Å². The smallest absolute Gasteiger partial charge is 0.416 e. The minimum Gasteiger partial charge on any atom is -0.490 e. The second-order valence-corrected chi connectivity index (χ2v) is 6.87. The van der Waals surface area contributed by atoms with Crippen molar-refractivity contribution in [3.63, 3.8) is 0 Å². The van der Waals surface area contributed by atoms with Gasteiger partial charge < -0.3 is 14.8 Å². The Morgan fingerprint density at radius 1 is 1.14 bits per heavy atom. The Balaban J connectivity index is 1.40. The topological polar surface area (TPSA) is 74.4 Å². The molecular weight excluding hydrogens is 373 g/mol. The van der Waals surface area contributed by atoms with Gasteiger partial charge in [0.15, 0.2) is 0 Å². The van der Waals surface area contributed by atoms with E-state index < -0.39 is 17.8 Å². The van der Waals surface area contributed by atoms with Crippen molar-refractivity contribution in [3.8, 4) is 5.75 Å². The first-order valence-corrected chi connectivity index (χ1v) is 8.74. The number of halogens is 3. The van der Waals surface area contributed by atoms with E-state index in [-0.39, 0.29) is 12.0 Å². The molecule has 0 bridgehead atoms. The zero-order valence-corrected chi connectivity index (χ0v) is 14.6. The molecule has 0 saturated heterocycles. The molecule has 28 heavy (non-hydrogen) atoms. The van der Waals surface area contributed by atoms with E-state index in [1.807, 2.05) is 18.2 Å². The normalized spacial score (nSPS) is 19.2. The van der Waals surface area contributed by atoms with E-state index in [4.69, 9.17) is 9.84 Å². The number of hydrogen-bond donors (Lipinski definition) is 3. The number of aromatic amines is 1. The standard InChI is InChI=1S/C20H17F3N2O3/c21-20(22,23)13-2-4-14(5-3-13)28-15-7-12(8-15)11-1-6-17-16(9-11)18(10-24-17)25-19(26)27/h1-6,9-10,12,15,24-25H,7-8H2,(H,26,27)/t12-,15-. The van der Waals surface area contributed by atoms with E-state index in [1.54, 1.807) is 6.20 Å². The van der Waals surface area contributed by atoms with Gasteiger partial charge in [0.25, 0.3) is 0 Å². The quantitative estimate of drug-likeness (QED) is 0.543. The van der Waals surface area contributed by atoms with Gasteiger partial charge in [0.1, 0.15) is 5.75 Å². The van der Waals surface area contributed by atoms with Gasteiger partial charge in [-0.25, -0.2) is 4.79 Å². The Morgan fingerprint density at radius 2 is 1.86 bits per heavy atom. The number of H-pyrrole nitrogens is 1. The maximum atomic E-state index is 12.6. The molecule has 0 spiro atoms. The first-order chi connectivity index (χ1) is 13.3. The fourth-order valence-electron chi connectivity index (χ4n) is 3.46. The third kappa shape index (κ3) is 3.62. The highest BCUT2D eigenvalue weighted by Crippen LogP contribution is 2.41. The summed E-state index contributed by atoms with van der Waals surface area (Å²) in [5.74, 6) is 0.682. The Bertz CT molecular complexity index is 1010. The maximum Gasteiger partial charge on any atom is 0.416 e. The lowest BCUT2D eigenvalue weighted by atomic mass is 9.77. The number of amides is 1. The lowest BCUT2D eigenvalue weighted by molar-refractivity contribution is -0.137. The summed E-state index contributed by atoms with van der Waals surface area (Å²) in [7, 11) is 0. The van der Waals surface area contributed by atoms with E-state index in [0.717, 1.165) is 41.4 Å². The van der Waals surface area contributed by atoms with Crippen LogP contribution in [0.15, 0.2) is 48.7 Å². The average Bonchev–Trinajstić information content (AvgIpc) is 2.99. The molecule has 1 aliphatic carbocycles. The SMILES string of the molecule is O=C(O)Nc1c[nH]c2ccc([C@H]3C[C@H](Oc4ccc(C(F)(F)F)cc4)C3)cc12. The molecule has 1 fully saturated rings. The third-order valence-electron chi connectivity index (χ3n) is 5.00. The number of carbonyl (C=O) groups is 1. The molecule has 2 aromatic carbocycles. The molecule has 5 nitrogen and oxygen atoms in total. The Morgan fingerprint density at radius 3 is 2.50 bits per heavy atom. The first kappa shape index (κ1) is 18.2. The number of fused-ring (bicyclic) bond motifs is 1. The summed E-state index contributed by atoms with van der Waals surface area (Å²) in [4.78, 5) is 13.9. The lowest BCUT2D eigenvalue weighted by Crippen LogP contribution is -2.32. The molecule has 1 aliphatic rings. The van der Waals surface area contributed by atoms with Crippen LogP contribution in [-0.2, 0) is 6.18 Å². The molecule has 8 heteroatoms. The van der Waals surface area contributed by atoms with Gasteiger partial charge in [0.2, 0.25) is 0 Å². The molecule has 1 amide bonds. The van der Waals surface area contributed by atoms with Crippen molar-refractivity contribution in [1.82, 2.24) is 4.98 Å². The molecule has 0 unspecified atom stereocenters. The van der Waals surface area contributed by atoms with Crippen LogP contribution in [0.5, 0.6) is 5.75 Å². The summed E-state index contributed by atoms with van der Waals surface area (Å²) in [5.41, 5.74) is 1.72. The number of alkyl halides is 3. The molecule has 3 aromatic rings. The molecule has 0 aliphatic heterocycles. The highest BCUT2D eigenvalue weighted by Gasteiger charge is 2.33. The average molecular weight is 390 g/mol. The monoisotopic (exact) mass is 390 g/mol. The zero-order chi connectivity index (χ0) is 19.9. The van der Waals surface area contributed by atoms with E-state index in [2.05, 4.69) is 10.3 Å². The zero-order valence-electron chi connectivity index (χ0n) is 14.6. The van der Waals surface area contributed by atoms with Crippen LogP contribution in [-0.4, -0.2) is 22.3 Å². The van der Waals surface area contributed by atoms with Crippen molar-refractivity contribution >= 4 is 22.7 Å². The van der Waals surface area contributed by atoms with Gasteiger partial charge in [-0.15, -0.1) is 0 Å². The van der Waals surface area contributed by atoms with Gasteiger partial charge in [0, 0.05) is 17.1 Å². The maximum absolute atomic E-state index is 12.6. The minimum absolute atomic E-state index is 0.0553. The summed E-state index contributed by atoms with van der Waals surface area (Å²) in [6.07, 6.45) is -2.43. The lowest BCUT2D eigenvalue weighted by Gasteiger charge is -2.35. The van der Waals surface area contributed by atoms with Crippen molar-refractivity contribution in [2.45, 2.75) is 31.0 Å². The van der Waals surface area contributed by atoms with Crippen LogP contribution >= 0.6 is 0 Å². The third-order valence-corrected chi connectivity index (χ3v) is 5.00. The van der Waals surface area contributed by atoms with E-state index >= 15 is 0 Å². The van der Waals surface area contributed by atoms with E-state index in [0.29, 0.717) is 11.4 Å². The van der Waals surface area contributed by atoms with Gasteiger partial charge in [-0.05, 0) is 60.7 Å². The van der Waals surface area contributed by atoms with Gasteiger partial charge in [-0.3, -0.25) is 5.32 Å². The predicted molar refractivity (Wildman–Crippen MR) is 97.8 cm³/mol. The van der Waals surface area contributed by atoms with Crippen molar-refractivity contribution in [2.24, 2.45) is 0 Å². The number of benzene rings is 2. The molecule has 1 aromatic heterocycles. The van der Waals surface area contributed by atoms with Crippen LogP contribution in [0.2, 0.25) is 0 Å².